The first-order chi connectivity index (χ1) is 8.70. The molecule has 94 valence electrons. The van der Waals surface area contributed by atoms with Crippen LogP contribution in [0, 0.1) is 5.92 Å². The Bertz CT molecular complexity index is 675. The lowest BCUT2D eigenvalue weighted by Gasteiger charge is -2.11. The molecule has 0 amide bonds. The van der Waals surface area contributed by atoms with Crippen LogP contribution in [0.2, 0.25) is 0 Å². The number of rotatable bonds is 2. The normalized spacial score (nSPS) is 23.6. The number of aromatic nitrogens is 4. The largest absolute Gasteiger partial charge is 0.396 e. The molecule has 0 aliphatic heterocycles. The van der Waals surface area contributed by atoms with Crippen LogP contribution in [0.1, 0.15) is 12.5 Å². The highest BCUT2D eigenvalue weighted by molar-refractivity contribution is 5.69. The Balaban J connectivity index is 2.07. The van der Waals surface area contributed by atoms with Gasteiger partial charge in [-0.15, -0.1) is 0 Å². The third-order valence-electron chi connectivity index (χ3n) is 3.21. The topological polar surface area (TPSA) is 83.8 Å². The average molecular weight is 250 g/mol. The number of H-pyrrole nitrogens is 1. The molecule has 7 heteroatoms. The Morgan fingerprint density at radius 1 is 1.56 bits per heavy atom. The summed E-state index contributed by atoms with van der Waals surface area (Å²) < 4.78 is 15.1. The fraction of sp³-hybridized carbons (Fsp3) is 0.364. The van der Waals surface area contributed by atoms with Crippen LogP contribution in [-0.2, 0) is 0 Å². The summed E-state index contributed by atoms with van der Waals surface area (Å²) in [4.78, 5) is 22.0. The number of aromatic amines is 1. The van der Waals surface area contributed by atoms with Crippen LogP contribution in [0.4, 0.5) is 4.39 Å². The van der Waals surface area contributed by atoms with Gasteiger partial charge in [-0.1, -0.05) is 0 Å². The molecule has 1 aliphatic rings. The van der Waals surface area contributed by atoms with Crippen LogP contribution < -0.4 is 5.56 Å². The average Bonchev–Trinajstić information content (AvgIpc) is 2.93. The van der Waals surface area contributed by atoms with Crippen LogP contribution in [0.15, 0.2) is 29.4 Å². The van der Waals surface area contributed by atoms with Gasteiger partial charge in [0.25, 0.3) is 5.56 Å². The van der Waals surface area contributed by atoms with Gasteiger partial charge in [-0.25, -0.2) is 14.4 Å². The van der Waals surface area contributed by atoms with Crippen molar-refractivity contribution in [2.24, 2.45) is 5.92 Å². The maximum Gasteiger partial charge on any atom is 0.278 e. The van der Waals surface area contributed by atoms with Gasteiger partial charge in [0, 0.05) is 5.92 Å². The van der Waals surface area contributed by atoms with E-state index in [9.17, 15) is 9.18 Å². The number of aliphatic hydroxyl groups excluding tert-OH is 1. The van der Waals surface area contributed by atoms with Gasteiger partial charge in [0.05, 0.1) is 25.3 Å². The van der Waals surface area contributed by atoms with Crippen molar-refractivity contribution in [1.29, 1.82) is 0 Å². The highest BCUT2D eigenvalue weighted by Gasteiger charge is 2.28. The van der Waals surface area contributed by atoms with Crippen molar-refractivity contribution in [1.82, 2.24) is 19.5 Å². The number of imidazole rings is 1. The minimum Gasteiger partial charge on any atom is -0.396 e. The molecule has 0 bridgehead atoms. The predicted octanol–water partition coefficient (Wildman–Crippen LogP) is 0.526. The summed E-state index contributed by atoms with van der Waals surface area (Å²) in [6.45, 7) is -0.223. The number of aliphatic hydroxyl groups is 1. The standard InChI is InChI=1S/C11H11FN4O2/c12-8-2-7(1-6(8)3-17)16-5-15-9-10(16)13-4-14-11(9)18/h2,4-7,17H,1,3H2,(H,13,14,18)/t6-,7-/m0/s1. The van der Waals surface area contributed by atoms with Crippen molar-refractivity contribution >= 4 is 11.2 Å². The summed E-state index contributed by atoms with van der Waals surface area (Å²) in [7, 11) is 0. The van der Waals surface area contributed by atoms with E-state index in [1.807, 2.05) is 0 Å². The van der Waals surface area contributed by atoms with Gasteiger partial charge in [-0.3, -0.25) is 4.79 Å². The summed E-state index contributed by atoms with van der Waals surface area (Å²) >= 11 is 0. The molecule has 2 aromatic heterocycles. The highest BCUT2D eigenvalue weighted by Crippen LogP contribution is 2.34. The molecular formula is C11H11FN4O2. The first kappa shape index (κ1) is 11.1. The smallest absolute Gasteiger partial charge is 0.278 e. The summed E-state index contributed by atoms with van der Waals surface area (Å²) in [5.74, 6) is -0.802. The molecule has 0 spiro atoms. The lowest BCUT2D eigenvalue weighted by Crippen LogP contribution is -2.10. The maximum absolute atomic E-state index is 13.5. The van der Waals surface area contributed by atoms with E-state index in [4.69, 9.17) is 5.11 Å². The molecule has 2 heterocycles. The second-order valence-corrected chi connectivity index (χ2v) is 4.29. The third-order valence-corrected chi connectivity index (χ3v) is 3.21. The molecule has 2 aromatic rings. The Hall–Kier alpha value is -2.02. The maximum atomic E-state index is 13.5. The SMILES string of the molecule is O=c1[nH]cnc2c1ncn2[C@@H]1C=C(F)[C@H](CO)C1. The van der Waals surface area contributed by atoms with Crippen LogP contribution in [-0.4, -0.2) is 31.2 Å². The fourth-order valence-electron chi connectivity index (χ4n) is 2.25. The summed E-state index contributed by atoms with van der Waals surface area (Å²) in [5.41, 5.74) is 0.338. The fourth-order valence-corrected chi connectivity index (χ4v) is 2.25. The highest BCUT2D eigenvalue weighted by atomic mass is 19.1. The van der Waals surface area contributed by atoms with E-state index < -0.39 is 5.92 Å². The van der Waals surface area contributed by atoms with Crippen LogP contribution >= 0.6 is 0 Å². The Labute approximate surface area is 101 Å². The number of nitrogens with one attached hydrogen (secondary N) is 1. The molecule has 0 unspecified atom stereocenters. The van der Waals surface area contributed by atoms with Gasteiger partial charge in [-0.2, -0.15) is 0 Å². The van der Waals surface area contributed by atoms with Gasteiger partial charge in [0.2, 0.25) is 0 Å². The second-order valence-electron chi connectivity index (χ2n) is 4.29. The molecule has 0 saturated carbocycles. The molecular weight excluding hydrogens is 239 g/mol. The van der Waals surface area contributed by atoms with Crippen molar-refractivity contribution in [2.75, 3.05) is 6.61 Å². The number of hydrogen-bond acceptors (Lipinski definition) is 4. The molecule has 0 aromatic carbocycles. The molecule has 0 fully saturated rings. The van der Waals surface area contributed by atoms with Crippen LogP contribution in [0.3, 0.4) is 0 Å². The zero-order chi connectivity index (χ0) is 12.7. The second kappa shape index (κ2) is 4.02. The van der Waals surface area contributed by atoms with E-state index in [1.165, 1.54) is 18.7 Å². The molecule has 2 N–H and O–H groups in total. The van der Waals surface area contributed by atoms with Crippen molar-refractivity contribution in [3.8, 4) is 0 Å². The minimum absolute atomic E-state index is 0.223. The monoisotopic (exact) mass is 250 g/mol. The van der Waals surface area contributed by atoms with E-state index in [1.54, 1.807) is 4.57 Å². The van der Waals surface area contributed by atoms with E-state index in [2.05, 4.69) is 15.0 Å². The number of halogens is 1. The van der Waals surface area contributed by atoms with E-state index in [0.29, 0.717) is 12.1 Å². The van der Waals surface area contributed by atoms with Crippen LogP contribution in [0.5, 0.6) is 0 Å². The van der Waals surface area contributed by atoms with Crippen LogP contribution in [0.25, 0.3) is 11.2 Å². The number of allylic oxidation sites excluding steroid dienone is 1. The van der Waals surface area contributed by atoms with Crippen molar-refractivity contribution in [2.45, 2.75) is 12.5 Å². The number of fused-ring (bicyclic) bond motifs is 1. The van der Waals surface area contributed by atoms with Gasteiger partial charge in [-0.05, 0) is 12.5 Å². The zero-order valence-corrected chi connectivity index (χ0v) is 9.38. The van der Waals surface area contributed by atoms with Crippen molar-refractivity contribution < 1.29 is 9.50 Å². The quantitative estimate of drug-likeness (QED) is 0.814. The van der Waals surface area contributed by atoms with Gasteiger partial charge >= 0.3 is 0 Å². The predicted molar refractivity (Wildman–Crippen MR) is 61.6 cm³/mol. The molecule has 3 rings (SSSR count). The molecule has 0 saturated heterocycles. The Morgan fingerprint density at radius 3 is 3.11 bits per heavy atom. The van der Waals surface area contributed by atoms with Gasteiger partial charge in [0.1, 0.15) is 5.83 Å². The molecule has 2 atom stereocenters. The Kier molecular flexibility index (Phi) is 2.48. The van der Waals surface area contributed by atoms with Crippen molar-refractivity contribution in [3.05, 3.63) is 34.9 Å². The van der Waals surface area contributed by atoms with E-state index >= 15 is 0 Å². The summed E-state index contributed by atoms with van der Waals surface area (Å²) in [6, 6.07) is -0.263. The third kappa shape index (κ3) is 1.55. The lowest BCUT2D eigenvalue weighted by atomic mass is 10.1. The molecule has 0 radical (unpaired) electrons. The zero-order valence-electron chi connectivity index (χ0n) is 9.38. The summed E-state index contributed by atoms with van der Waals surface area (Å²) in [6.07, 6.45) is 4.65. The number of nitrogens with zero attached hydrogens (tertiary/aromatic N) is 3. The summed E-state index contributed by atoms with van der Waals surface area (Å²) in [5, 5.41) is 9.03. The first-order valence-electron chi connectivity index (χ1n) is 5.59. The number of hydrogen-bond donors (Lipinski definition) is 2. The van der Waals surface area contributed by atoms with E-state index in [-0.39, 0.29) is 29.6 Å². The Morgan fingerprint density at radius 2 is 2.39 bits per heavy atom. The van der Waals surface area contributed by atoms with E-state index in [0.717, 1.165) is 0 Å². The van der Waals surface area contributed by atoms with Gasteiger partial charge in [0.15, 0.2) is 11.2 Å². The molecule has 18 heavy (non-hydrogen) atoms. The first-order valence-corrected chi connectivity index (χ1v) is 5.59. The van der Waals surface area contributed by atoms with Gasteiger partial charge < -0.3 is 14.7 Å². The molecule has 6 nitrogen and oxygen atoms in total. The molecule has 1 aliphatic carbocycles. The minimum atomic E-state index is -0.477. The lowest BCUT2D eigenvalue weighted by molar-refractivity contribution is 0.224. The van der Waals surface area contributed by atoms with Crippen molar-refractivity contribution in [3.63, 3.8) is 0 Å².